The highest BCUT2D eigenvalue weighted by molar-refractivity contribution is 5.95. The van der Waals surface area contributed by atoms with Crippen LogP contribution in [0.2, 0.25) is 0 Å². The molecule has 1 amide bonds. The highest BCUT2D eigenvalue weighted by Crippen LogP contribution is 2.32. The molecule has 1 aromatic rings. The number of amides is 1. The summed E-state index contributed by atoms with van der Waals surface area (Å²) in [6.07, 6.45) is 0. The van der Waals surface area contributed by atoms with Gasteiger partial charge in [-0.3, -0.25) is 4.79 Å². The molecule has 1 N–H and O–H groups in total. The van der Waals surface area contributed by atoms with E-state index in [0.29, 0.717) is 17.1 Å². The standard InChI is InChI=1S/C13H16N2O3.ClH/c1-9-7-14-4-5-15(9)13(16)10-2-3-11-12(6-10)18-8-17-11;/h2-3,6,9,14H,4-5,7-8H2,1H3;1H/t9-;/m0./s1. The SMILES string of the molecule is C[C@H]1CNCCN1C(=O)c1ccc2c(c1)OCO2.Cl. The van der Waals surface area contributed by atoms with Crippen LogP contribution in [-0.4, -0.2) is 43.3 Å². The van der Waals surface area contributed by atoms with Gasteiger partial charge < -0.3 is 19.7 Å². The van der Waals surface area contributed by atoms with Crippen LogP contribution in [0, 0.1) is 0 Å². The molecule has 1 atom stereocenters. The first-order valence-electron chi connectivity index (χ1n) is 6.17. The summed E-state index contributed by atoms with van der Waals surface area (Å²) in [6.45, 7) is 4.72. The van der Waals surface area contributed by atoms with E-state index in [1.165, 1.54) is 0 Å². The molecule has 0 bridgehead atoms. The molecule has 2 aliphatic rings. The third kappa shape index (κ3) is 2.62. The van der Waals surface area contributed by atoms with Crippen LogP contribution in [0.5, 0.6) is 11.5 Å². The second-order valence-corrected chi connectivity index (χ2v) is 4.62. The molecule has 1 saturated heterocycles. The van der Waals surface area contributed by atoms with Crippen LogP contribution in [0.1, 0.15) is 17.3 Å². The van der Waals surface area contributed by atoms with Gasteiger partial charge in [-0.2, -0.15) is 0 Å². The van der Waals surface area contributed by atoms with E-state index in [4.69, 9.17) is 9.47 Å². The Kier molecular flexibility index (Phi) is 4.17. The van der Waals surface area contributed by atoms with Crippen molar-refractivity contribution in [2.75, 3.05) is 26.4 Å². The molecule has 19 heavy (non-hydrogen) atoms. The predicted octanol–water partition coefficient (Wildman–Crippen LogP) is 1.27. The molecule has 1 fully saturated rings. The minimum absolute atomic E-state index is 0. The van der Waals surface area contributed by atoms with Gasteiger partial charge in [0.15, 0.2) is 11.5 Å². The van der Waals surface area contributed by atoms with Crippen molar-refractivity contribution in [3.63, 3.8) is 0 Å². The Hall–Kier alpha value is -1.46. The second-order valence-electron chi connectivity index (χ2n) is 4.62. The third-order valence-electron chi connectivity index (χ3n) is 3.38. The van der Waals surface area contributed by atoms with E-state index in [-0.39, 0.29) is 31.1 Å². The zero-order chi connectivity index (χ0) is 12.5. The van der Waals surface area contributed by atoms with Gasteiger partial charge in [0.1, 0.15) is 0 Å². The lowest BCUT2D eigenvalue weighted by Crippen LogP contribution is -2.52. The van der Waals surface area contributed by atoms with E-state index in [9.17, 15) is 4.79 Å². The topological polar surface area (TPSA) is 50.8 Å². The number of ether oxygens (including phenoxy) is 2. The van der Waals surface area contributed by atoms with Crippen LogP contribution in [-0.2, 0) is 0 Å². The van der Waals surface area contributed by atoms with E-state index in [1.54, 1.807) is 18.2 Å². The summed E-state index contributed by atoms with van der Waals surface area (Å²) in [7, 11) is 0. The van der Waals surface area contributed by atoms with Crippen LogP contribution in [0.3, 0.4) is 0 Å². The van der Waals surface area contributed by atoms with Crippen molar-refractivity contribution in [2.24, 2.45) is 0 Å². The quantitative estimate of drug-likeness (QED) is 0.844. The van der Waals surface area contributed by atoms with Gasteiger partial charge in [0.25, 0.3) is 5.91 Å². The number of benzene rings is 1. The maximum Gasteiger partial charge on any atom is 0.254 e. The summed E-state index contributed by atoms with van der Waals surface area (Å²) in [4.78, 5) is 14.3. The number of hydrogen-bond donors (Lipinski definition) is 1. The van der Waals surface area contributed by atoms with E-state index >= 15 is 0 Å². The van der Waals surface area contributed by atoms with Crippen molar-refractivity contribution in [3.8, 4) is 11.5 Å². The van der Waals surface area contributed by atoms with Gasteiger partial charge in [-0.25, -0.2) is 0 Å². The van der Waals surface area contributed by atoms with Crippen LogP contribution in [0.15, 0.2) is 18.2 Å². The third-order valence-corrected chi connectivity index (χ3v) is 3.38. The molecule has 0 unspecified atom stereocenters. The zero-order valence-electron chi connectivity index (χ0n) is 10.7. The number of carbonyl (C=O) groups excluding carboxylic acids is 1. The Morgan fingerprint density at radius 1 is 1.37 bits per heavy atom. The lowest BCUT2D eigenvalue weighted by molar-refractivity contribution is 0.0655. The molecule has 104 valence electrons. The molecule has 0 aliphatic carbocycles. The number of piperazine rings is 1. The first kappa shape index (κ1) is 14.0. The predicted molar refractivity (Wildman–Crippen MR) is 73.2 cm³/mol. The Morgan fingerprint density at radius 3 is 2.95 bits per heavy atom. The molecule has 1 aromatic carbocycles. The minimum Gasteiger partial charge on any atom is -0.454 e. The Labute approximate surface area is 118 Å². The lowest BCUT2D eigenvalue weighted by atomic mass is 10.1. The number of fused-ring (bicyclic) bond motifs is 1. The fourth-order valence-corrected chi connectivity index (χ4v) is 2.34. The Morgan fingerprint density at radius 2 is 2.16 bits per heavy atom. The van der Waals surface area contributed by atoms with E-state index in [2.05, 4.69) is 12.2 Å². The summed E-state index contributed by atoms with van der Waals surface area (Å²) in [5, 5.41) is 3.27. The van der Waals surface area contributed by atoms with Crippen molar-refractivity contribution < 1.29 is 14.3 Å². The minimum atomic E-state index is 0. The van der Waals surface area contributed by atoms with Gasteiger partial charge in [0, 0.05) is 31.2 Å². The Bertz CT molecular complexity index is 481. The van der Waals surface area contributed by atoms with Gasteiger partial charge >= 0.3 is 0 Å². The fraction of sp³-hybridized carbons (Fsp3) is 0.462. The average Bonchev–Trinajstić information content (AvgIpc) is 2.85. The molecule has 2 heterocycles. The van der Waals surface area contributed by atoms with Gasteiger partial charge in [0.05, 0.1) is 0 Å². The number of halogens is 1. The monoisotopic (exact) mass is 284 g/mol. The highest BCUT2D eigenvalue weighted by Gasteiger charge is 2.25. The van der Waals surface area contributed by atoms with Crippen molar-refractivity contribution in [2.45, 2.75) is 13.0 Å². The molecular weight excluding hydrogens is 268 g/mol. The normalized spacial score (nSPS) is 20.9. The molecule has 5 nitrogen and oxygen atoms in total. The molecule has 0 aromatic heterocycles. The second kappa shape index (κ2) is 5.67. The number of carbonyl (C=O) groups is 1. The van der Waals surface area contributed by atoms with Crippen molar-refractivity contribution in [1.82, 2.24) is 10.2 Å². The number of rotatable bonds is 1. The van der Waals surface area contributed by atoms with Crippen molar-refractivity contribution >= 4 is 18.3 Å². The molecule has 0 spiro atoms. The molecule has 3 rings (SSSR count). The lowest BCUT2D eigenvalue weighted by Gasteiger charge is -2.34. The molecule has 6 heteroatoms. The van der Waals surface area contributed by atoms with Gasteiger partial charge in [0.2, 0.25) is 6.79 Å². The van der Waals surface area contributed by atoms with Gasteiger partial charge in [-0.15, -0.1) is 12.4 Å². The van der Waals surface area contributed by atoms with Crippen LogP contribution < -0.4 is 14.8 Å². The first-order chi connectivity index (χ1) is 8.75. The first-order valence-corrected chi connectivity index (χ1v) is 6.17. The number of nitrogens with one attached hydrogen (secondary N) is 1. The van der Waals surface area contributed by atoms with E-state index in [0.717, 1.165) is 19.6 Å². The fourth-order valence-electron chi connectivity index (χ4n) is 2.34. The summed E-state index contributed by atoms with van der Waals surface area (Å²) in [5.74, 6) is 1.42. The maximum atomic E-state index is 12.4. The van der Waals surface area contributed by atoms with Crippen LogP contribution in [0.4, 0.5) is 0 Å². The van der Waals surface area contributed by atoms with Gasteiger partial charge in [-0.1, -0.05) is 0 Å². The zero-order valence-corrected chi connectivity index (χ0v) is 11.5. The average molecular weight is 285 g/mol. The summed E-state index contributed by atoms with van der Waals surface area (Å²) in [5.41, 5.74) is 0.660. The largest absolute Gasteiger partial charge is 0.454 e. The molecular formula is C13H17ClN2O3. The van der Waals surface area contributed by atoms with Crippen molar-refractivity contribution in [3.05, 3.63) is 23.8 Å². The maximum absolute atomic E-state index is 12.4. The van der Waals surface area contributed by atoms with Crippen LogP contribution >= 0.6 is 12.4 Å². The molecule has 2 aliphatic heterocycles. The van der Waals surface area contributed by atoms with Crippen LogP contribution in [0.25, 0.3) is 0 Å². The summed E-state index contributed by atoms with van der Waals surface area (Å²) in [6, 6.07) is 5.57. The van der Waals surface area contributed by atoms with E-state index < -0.39 is 0 Å². The van der Waals surface area contributed by atoms with Crippen molar-refractivity contribution in [1.29, 1.82) is 0 Å². The molecule has 0 saturated carbocycles. The number of nitrogens with zero attached hydrogens (tertiary/aromatic N) is 1. The summed E-state index contributed by atoms with van der Waals surface area (Å²) >= 11 is 0. The molecule has 0 radical (unpaired) electrons. The Balaban J connectivity index is 0.00000133. The smallest absolute Gasteiger partial charge is 0.254 e. The number of hydrogen-bond acceptors (Lipinski definition) is 4. The summed E-state index contributed by atoms with van der Waals surface area (Å²) < 4.78 is 10.5. The van der Waals surface area contributed by atoms with E-state index in [1.807, 2.05) is 4.90 Å². The highest BCUT2D eigenvalue weighted by atomic mass is 35.5. The van der Waals surface area contributed by atoms with Gasteiger partial charge in [-0.05, 0) is 25.1 Å².